The van der Waals surface area contributed by atoms with E-state index in [1.54, 1.807) is 21.8 Å². The Morgan fingerprint density at radius 3 is 2.57 bits per heavy atom. The van der Waals surface area contributed by atoms with Crippen LogP contribution in [0.5, 0.6) is 0 Å². The third-order valence-corrected chi connectivity index (χ3v) is 3.43. The van der Waals surface area contributed by atoms with Gasteiger partial charge in [0.25, 0.3) is 6.43 Å². The molecule has 110 valence electrons. The minimum Gasteiger partial charge on any atom is -0.272 e. The SMILES string of the molecule is CCn1cc(-c2cc(C(F)F)c3cnn(CC)c3n2)cn1. The molecule has 0 aliphatic heterocycles. The fourth-order valence-electron chi connectivity index (χ4n) is 2.30. The molecule has 0 aliphatic rings. The molecule has 21 heavy (non-hydrogen) atoms. The maximum Gasteiger partial charge on any atom is 0.264 e. The van der Waals surface area contributed by atoms with Gasteiger partial charge in [-0.1, -0.05) is 0 Å². The molecule has 0 bridgehead atoms. The van der Waals surface area contributed by atoms with Crippen molar-refractivity contribution >= 4 is 11.0 Å². The van der Waals surface area contributed by atoms with Gasteiger partial charge in [-0.2, -0.15) is 10.2 Å². The van der Waals surface area contributed by atoms with E-state index in [2.05, 4.69) is 15.2 Å². The molecule has 0 fully saturated rings. The van der Waals surface area contributed by atoms with Crippen LogP contribution in [-0.2, 0) is 13.1 Å². The van der Waals surface area contributed by atoms with E-state index in [0.717, 1.165) is 12.1 Å². The Hall–Kier alpha value is -2.31. The first kappa shape index (κ1) is 13.7. The van der Waals surface area contributed by atoms with Gasteiger partial charge in [0.05, 0.1) is 18.1 Å². The third-order valence-electron chi connectivity index (χ3n) is 3.43. The molecule has 0 aliphatic carbocycles. The molecule has 3 aromatic heterocycles. The maximum absolute atomic E-state index is 13.3. The third kappa shape index (κ3) is 2.28. The highest BCUT2D eigenvalue weighted by molar-refractivity contribution is 5.82. The van der Waals surface area contributed by atoms with Gasteiger partial charge in [0.15, 0.2) is 5.65 Å². The first-order valence-corrected chi connectivity index (χ1v) is 6.81. The number of aromatic nitrogens is 5. The van der Waals surface area contributed by atoms with Gasteiger partial charge in [0, 0.05) is 35.8 Å². The standard InChI is InChI=1S/C14H15F2N5/c1-3-20-8-9(6-17-20)12-5-10(13(15)16)11-7-18-21(4-2)14(11)19-12/h5-8,13H,3-4H2,1-2H3. The average Bonchev–Trinajstić information content (AvgIpc) is 3.12. The largest absolute Gasteiger partial charge is 0.272 e. The van der Waals surface area contributed by atoms with Gasteiger partial charge in [-0.25, -0.2) is 18.4 Å². The van der Waals surface area contributed by atoms with Crippen LogP contribution in [0.1, 0.15) is 25.8 Å². The molecule has 3 aromatic rings. The summed E-state index contributed by atoms with van der Waals surface area (Å²) in [5.74, 6) is 0. The van der Waals surface area contributed by atoms with Gasteiger partial charge in [0.1, 0.15) is 0 Å². The van der Waals surface area contributed by atoms with Gasteiger partial charge >= 0.3 is 0 Å². The summed E-state index contributed by atoms with van der Waals surface area (Å²) in [7, 11) is 0. The molecule has 3 heterocycles. The van der Waals surface area contributed by atoms with E-state index in [9.17, 15) is 8.78 Å². The Kier molecular flexibility index (Phi) is 3.40. The van der Waals surface area contributed by atoms with E-state index in [1.165, 1.54) is 12.3 Å². The van der Waals surface area contributed by atoms with Gasteiger partial charge in [0.2, 0.25) is 0 Å². The van der Waals surface area contributed by atoms with Crippen LogP contribution in [0.4, 0.5) is 8.78 Å². The second-order valence-electron chi connectivity index (χ2n) is 4.68. The number of halogens is 2. The first-order valence-electron chi connectivity index (χ1n) is 6.81. The summed E-state index contributed by atoms with van der Waals surface area (Å²) < 4.78 is 29.9. The lowest BCUT2D eigenvalue weighted by molar-refractivity contribution is 0.153. The van der Waals surface area contributed by atoms with Crippen LogP contribution < -0.4 is 0 Å². The van der Waals surface area contributed by atoms with Gasteiger partial charge < -0.3 is 0 Å². The molecule has 0 radical (unpaired) electrons. The van der Waals surface area contributed by atoms with Gasteiger partial charge in [-0.3, -0.25) is 4.68 Å². The Morgan fingerprint density at radius 1 is 1.14 bits per heavy atom. The normalized spacial score (nSPS) is 11.7. The number of alkyl halides is 2. The van der Waals surface area contributed by atoms with Crippen LogP contribution in [0, 0.1) is 0 Å². The lowest BCUT2D eigenvalue weighted by Crippen LogP contribution is -1.99. The van der Waals surface area contributed by atoms with Crippen molar-refractivity contribution in [1.29, 1.82) is 0 Å². The molecule has 0 aromatic carbocycles. The second-order valence-corrected chi connectivity index (χ2v) is 4.68. The first-order chi connectivity index (χ1) is 10.1. The highest BCUT2D eigenvalue weighted by Gasteiger charge is 2.18. The number of hydrogen-bond acceptors (Lipinski definition) is 3. The number of rotatable bonds is 4. The topological polar surface area (TPSA) is 48.5 Å². The predicted molar refractivity (Wildman–Crippen MR) is 75.1 cm³/mol. The summed E-state index contributed by atoms with van der Waals surface area (Å²) >= 11 is 0. The quantitative estimate of drug-likeness (QED) is 0.741. The van der Waals surface area contributed by atoms with E-state index in [1.807, 2.05) is 13.8 Å². The Balaban J connectivity index is 2.23. The predicted octanol–water partition coefficient (Wildman–Crippen LogP) is 3.27. The van der Waals surface area contributed by atoms with Crippen molar-refractivity contribution in [3.8, 4) is 11.3 Å². The molecule has 0 atom stereocenters. The average molecular weight is 291 g/mol. The summed E-state index contributed by atoms with van der Waals surface area (Å²) in [6.45, 7) is 5.16. The summed E-state index contributed by atoms with van der Waals surface area (Å²) in [6, 6.07) is 1.42. The zero-order valence-electron chi connectivity index (χ0n) is 11.8. The van der Waals surface area contributed by atoms with Crippen molar-refractivity contribution in [2.24, 2.45) is 0 Å². The van der Waals surface area contributed by atoms with Crippen molar-refractivity contribution in [2.75, 3.05) is 0 Å². The van der Waals surface area contributed by atoms with Crippen LogP contribution >= 0.6 is 0 Å². The summed E-state index contributed by atoms with van der Waals surface area (Å²) in [5.41, 5.74) is 1.66. The van der Waals surface area contributed by atoms with Crippen molar-refractivity contribution in [2.45, 2.75) is 33.4 Å². The van der Waals surface area contributed by atoms with Crippen LogP contribution in [0.3, 0.4) is 0 Å². The Morgan fingerprint density at radius 2 is 1.95 bits per heavy atom. The maximum atomic E-state index is 13.3. The summed E-state index contributed by atoms with van der Waals surface area (Å²) in [5, 5.41) is 8.68. The van der Waals surface area contributed by atoms with Crippen molar-refractivity contribution in [1.82, 2.24) is 24.5 Å². The minimum absolute atomic E-state index is 0.0426. The van der Waals surface area contributed by atoms with Crippen LogP contribution in [0.15, 0.2) is 24.7 Å². The molecule has 0 unspecified atom stereocenters. The van der Waals surface area contributed by atoms with Gasteiger partial charge in [-0.15, -0.1) is 0 Å². The second kappa shape index (κ2) is 5.23. The number of hydrogen-bond donors (Lipinski definition) is 0. The summed E-state index contributed by atoms with van der Waals surface area (Å²) in [6.07, 6.45) is 2.33. The molecule has 0 saturated carbocycles. The highest BCUT2D eigenvalue weighted by Crippen LogP contribution is 2.30. The summed E-state index contributed by atoms with van der Waals surface area (Å²) in [4.78, 5) is 4.48. The molecule has 0 saturated heterocycles. The van der Waals surface area contributed by atoms with Crippen molar-refractivity contribution < 1.29 is 8.78 Å². The van der Waals surface area contributed by atoms with Crippen LogP contribution in [0.25, 0.3) is 22.3 Å². The van der Waals surface area contributed by atoms with Crippen LogP contribution in [0.2, 0.25) is 0 Å². The molecule has 0 N–H and O–H groups in total. The fraction of sp³-hybridized carbons (Fsp3) is 0.357. The van der Waals surface area contributed by atoms with Gasteiger partial charge in [-0.05, 0) is 19.9 Å². The molecule has 3 rings (SSSR count). The smallest absolute Gasteiger partial charge is 0.264 e. The molecule has 0 amide bonds. The highest BCUT2D eigenvalue weighted by atomic mass is 19.3. The molecular formula is C14H15F2N5. The number of pyridine rings is 1. The van der Waals surface area contributed by atoms with E-state index in [4.69, 9.17) is 0 Å². The number of fused-ring (bicyclic) bond motifs is 1. The minimum atomic E-state index is -2.56. The van der Waals surface area contributed by atoms with E-state index >= 15 is 0 Å². The van der Waals surface area contributed by atoms with Crippen LogP contribution in [-0.4, -0.2) is 24.5 Å². The zero-order chi connectivity index (χ0) is 15.0. The number of aryl methyl sites for hydroxylation is 2. The Bertz CT molecular complexity index is 775. The molecule has 7 heteroatoms. The monoisotopic (exact) mass is 291 g/mol. The van der Waals surface area contributed by atoms with Crippen molar-refractivity contribution in [3.63, 3.8) is 0 Å². The van der Waals surface area contributed by atoms with E-state index in [0.29, 0.717) is 23.3 Å². The lowest BCUT2D eigenvalue weighted by atomic mass is 10.1. The zero-order valence-corrected chi connectivity index (χ0v) is 11.8. The lowest BCUT2D eigenvalue weighted by Gasteiger charge is -2.06. The Labute approximate surface area is 120 Å². The van der Waals surface area contributed by atoms with Crippen molar-refractivity contribution in [3.05, 3.63) is 30.2 Å². The van der Waals surface area contributed by atoms with E-state index < -0.39 is 6.43 Å². The fourth-order valence-corrected chi connectivity index (χ4v) is 2.30. The van der Waals surface area contributed by atoms with E-state index in [-0.39, 0.29) is 5.56 Å². The molecule has 0 spiro atoms. The number of nitrogens with zero attached hydrogens (tertiary/aromatic N) is 5. The molecule has 5 nitrogen and oxygen atoms in total. The molecular weight excluding hydrogens is 276 g/mol.